The third-order valence-corrected chi connectivity index (χ3v) is 2.91. The van der Waals surface area contributed by atoms with E-state index in [4.69, 9.17) is 4.74 Å². The number of nitrogens with one attached hydrogen (secondary N) is 1. The zero-order valence-corrected chi connectivity index (χ0v) is 11.2. The highest BCUT2D eigenvalue weighted by molar-refractivity contribution is 5.40. The van der Waals surface area contributed by atoms with Crippen LogP contribution in [0.4, 0.5) is 0 Å². The Morgan fingerprint density at radius 2 is 2.06 bits per heavy atom. The molecule has 0 saturated carbocycles. The van der Waals surface area contributed by atoms with E-state index in [1.54, 1.807) is 7.11 Å². The van der Waals surface area contributed by atoms with E-state index in [1.165, 1.54) is 5.56 Å². The van der Waals surface area contributed by atoms with Gasteiger partial charge in [-0.2, -0.15) is 0 Å². The standard InChI is InChI=1S/C14H23NO2/c1-5-15-13(9-16)11-6-7-14(17-4)12(8-11)10(2)3/h6-8,10,13,15-16H,5,9H2,1-4H3. The number of aliphatic hydroxyl groups is 1. The summed E-state index contributed by atoms with van der Waals surface area (Å²) < 4.78 is 5.35. The number of methoxy groups -OCH3 is 1. The molecule has 0 aromatic heterocycles. The van der Waals surface area contributed by atoms with Crippen molar-refractivity contribution >= 4 is 0 Å². The third kappa shape index (κ3) is 3.45. The molecule has 1 aromatic carbocycles. The average Bonchev–Trinajstić information content (AvgIpc) is 2.35. The second-order valence-electron chi connectivity index (χ2n) is 4.45. The molecule has 0 aliphatic rings. The van der Waals surface area contributed by atoms with Gasteiger partial charge in [-0.3, -0.25) is 0 Å². The number of rotatable bonds is 6. The van der Waals surface area contributed by atoms with Crippen molar-refractivity contribution in [1.29, 1.82) is 0 Å². The Hall–Kier alpha value is -1.06. The lowest BCUT2D eigenvalue weighted by Gasteiger charge is -2.19. The van der Waals surface area contributed by atoms with Crippen molar-refractivity contribution in [3.8, 4) is 5.75 Å². The molecule has 0 amide bonds. The van der Waals surface area contributed by atoms with Crippen molar-refractivity contribution in [1.82, 2.24) is 5.32 Å². The molecule has 0 aliphatic carbocycles. The van der Waals surface area contributed by atoms with Gasteiger partial charge in [-0.25, -0.2) is 0 Å². The van der Waals surface area contributed by atoms with Gasteiger partial charge in [0.15, 0.2) is 0 Å². The van der Waals surface area contributed by atoms with Crippen molar-refractivity contribution in [3.63, 3.8) is 0 Å². The van der Waals surface area contributed by atoms with Crippen molar-refractivity contribution < 1.29 is 9.84 Å². The minimum atomic E-state index is 0.00315. The number of hydrogen-bond donors (Lipinski definition) is 2. The second-order valence-corrected chi connectivity index (χ2v) is 4.45. The lowest BCUT2D eigenvalue weighted by Crippen LogP contribution is -2.24. The Morgan fingerprint density at radius 1 is 1.35 bits per heavy atom. The van der Waals surface area contributed by atoms with Gasteiger partial charge in [0.2, 0.25) is 0 Å². The minimum Gasteiger partial charge on any atom is -0.496 e. The molecule has 0 aliphatic heterocycles. The average molecular weight is 237 g/mol. The molecule has 0 fully saturated rings. The molecular weight excluding hydrogens is 214 g/mol. The van der Waals surface area contributed by atoms with E-state index in [0.717, 1.165) is 17.9 Å². The van der Waals surface area contributed by atoms with E-state index in [9.17, 15) is 5.11 Å². The lowest BCUT2D eigenvalue weighted by molar-refractivity contribution is 0.246. The fraction of sp³-hybridized carbons (Fsp3) is 0.571. The molecule has 96 valence electrons. The van der Waals surface area contributed by atoms with Crippen LogP contribution in [0.25, 0.3) is 0 Å². The van der Waals surface area contributed by atoms with Crippen LogP contribution in [0.3, 0.4) is 0 Å². The van der Waals surface area contributed by atoms with Gasteiger partial charge in [0.1, 0.15) is 5.75 Å². The van der Waals surface area contributed by atoms with Gasteiger partial charge in [0.05, 0.1) is 19.8 Å². The van der Waals surface area contributed by atoms with Crippen molar-refractivity contribution in [2.75, 3.05) is 20.3 Å². The van der Waals surface area contributed by atoms with Crippen molar-refractivity contribution in [2.24, 2.45) is 0 Å². The largest absolute Gasteiger partial charge is 0.496 e. The quantitative estimate of drug-likeness (QED) is 0.798. The Labute approximate surface area is 104 Å². The van der Waals surface area contributed by atoms with Gasteiger partial charge >= 0.3 is 0 Å². The summed E-state index contributed by atoms with van der Waals surface area (Å²) in [4.78, 5) is 0. The molecule has 3 nitrogen and oxygen atoms in total. The molecule has 0 bridgehead atoms. The van der Waals surface area contributed by atoms with Crippen molar-refractivity contribution in [3.05, 3.63) is 29.3 Å². The van der Waals surface area contributed by atoms with Crippen LogP contribution in [-0.2, 0) is 0 Å². The summed E-state index contributed by atoms with van der Waals surface area (Å²) in [6.07, 6.45) is 0. The molecule has 3 heteroatoms. The van der Waals surface area contributed by atoms with Gasteiger partial charge in [-0.1, -0.05) is 32.9 Å². The molecule has 0 radical (unpaired) electrons. The minimum absolute atomic E-state index is 0.00315. The predicted molar refractivity (Wildman–Crippen MR) is 70.6 cm³/mol. The normalized spacial score (nSPS) is 12.8. The fourth-order valence-corrected chi connectivity index (χ4v) is 1.95. The number of benzene rings is 1. The van der Waals surface area contributed by atoms with E-state index in [2.05, 4.69) is 25.2 Å². The zero-order chi connectivity index (χ0) is 12.8. The van der Waals surface area contributed by atoms with Crippen LogP contribution in [0.2, 0.25) is 0 Å². The highest BCUT2D eigenvalue weighted by atomic mass is 16.5. The molecule has 1 atom stereocenters. The molecule has 1 unspecified atom stereocenters. The monoisotopic (exact) mass is 237 g/mol. The topological polar surface area (TPSA) is 41.5 Å². The molecule has 17 heavy (non-hydrogen) atoms. The zero-order valence-electron chi connectivity index (χ0n) is 11.2. The smallest absolute Gasteiger partial charge is 0.122 e. The van der Waals surface area contributed by atoms with Crippen LogP contribution in [0, 0.1) is 0 Å². The summed E-state index contributed by atoms with van der Waals surface area (Å²) in [6.45, 7) is 7.27. The number of aliphatic hydroxyl groups excluding tert-OH is 1. The van der Waals surface area contributed by atoms with E-state index in [1.807, 2.05) is 19.1 Å². The first kappa shape index (κ1) is 14.0. The van der Waals surface area contributed by atoms with Gasteiger partial charge in [0.25, 0.3) is 0 Å². The van der Waals surface area contributed by atoms with Crippen LogP contribution < -0.4 is 10.1 Å². The van der Waals surface area contributed by atoms with Crippen molar-refractivity contribution in [2.45, 2.75) is 32.7 Å². The summed E-state index contributed by atoms with van der Waals surface area (Å²) in [5, 5.41) is 12.6. The highest BCUT2D eigenvalue weighted by Crippen LogP contribution is 2.29. The SMILES string of the molecule is CCNC(CO)c1ccc(OC)c(C(C)C)c1. The van der Waals surface area contributed by atoms with E-state index in [-0.39, 0.29) is 12.6 Å². The molecule has 1 rings (SSSR count). The first-order chi connectivity index (χ1) is 8.13. The molecule has 0 saturated heterocycles. The predicted octanol–water partition coefficient (Wildman–Crippen LogP) is 2.46. The van der Waals surface area contributed by atoms with Gasteiger partial charge in [0, 0.05) is 0 Å². The van der Waals surface area contributed by atoms with Crippen LogP contribution >= 0.6 is 0 Å². The molecule has 2 N–H and O–H groups in total. The molecular formula is C14H23NO2. The Morgan fingerprint density at radius 3 is 2.53 bits per heavy atom. The molecule has 0 heterocycles. The van der Waals surface area contributed by atoms with E-state index in [0.29, 0.717) is 5.92 Å². The molecule has 1 aromatic rings. The van der Waals surface area contributed by atoms with Crippen LogP contribution in [0.1, 0.15) is 43.9 Å². The van der Waals surface area contributed by atoms with Crippen LogP contribution in [0.15, 0.2) is 18.2 Å². The Bertz CT molecular complexity index is 350. The first-order valence-electron chi connectivity index (χ1n) is 6.16. The van der Waals surface area contributed by atoms with Gasteiger partial charge in [-0.15, -0.1) is 0 Å². The summed E-state index contributed by atoms with van der Waals surface area (Å²) in [5.41, 5.74) is 2.29. The number of hydrogen-bond acceptors (Lipinski definition) is 3. The Balaban J connectivity index is 3.05. The number of likely N-dealkylation sites (N-methyl/N-ethyl adjacent to an activating group) is 1. The van der Waals surface area contributed by atoms with Crippen LogP contribution in [-0.4, -0.2) is 25.4 Å². The molecule has 0 spiro atoms. The highest BCUT2D eigenvalue weighted by Gasteiger charge is 2.13. The second kappa shape index (κ2) is 6.62. The number of ether oxygens (including phenoxy) is 1. The first-order valence-corrected chi connectivity index (χ1v) is 6.16. The maximum atomic E-state index is 9.37. The summed E-state index contributed by atoms with van der Waals surface area (Å²) >= 11 is 0. The summed E-state index contributed by atoms with van der Waals surface area (Å²) in [5.74, 6) is 1.32. The Kier molecular flexibility index (Phi) is 5.45. The summed E-state index contributed by atoms with van der Waals surface area (Å²) in [6, 6.07) is 6.11. The van der Waals surface area contributed by atoms with Crippen LogP contribution in [0.5, 0.6) is 5.75 Å². The third-order valence-electron chi connectivity index (χ3n) is 2.91. The van der Waals surface area contributed by atoms with Gasteiger partial charge in [-0.05, 0) is 29.7 Å². The lowest BCUT2D eigenvalue weighted by atomic mass is 9.96. The fourth-order valence-electron chi connectivity index (χ4n) is 1.95. The van der Waals surface area contributed by atoms with E-state index >= 15 is 0 Å². The maximum Gasteiger partial charge on any atom is 0.122 e. The summed E-state index contributed by atoms with van der Waals surface area (Å²) in [7, 11) is 1.69. The van der Waals surface area contributed by atoms with Gasteiger partial charge < -0.3 is 15.2 Å². The van der Waals surface area contributed by atoms with E-state index < -0.39 is 0 Å². The maximum absolute atomic E-state index is 9.37.